The van der Waals surface area contributed by atoms with E-state index in [4.69, 9.17) is 0 Å². The van der Waals surface area contributed by atoms with Gasteiger partial charge in [0.25, 0.3) is 0 Å². The molecule has 2 nitrogen and oxygen atoms in total. The highest BCUT2D eigenvalue weighted by molar-refractivity contribution is 5.29. The zero-order valence-corrected chi connectivity index (χ0v) is 12.2. The van der Waals surface area contributed by atoms with Crippen molar-refractivity contribution in [3.63, 3.8) is 0 Å². The molecule has 0 bridgehead atoms. The average Bonchev–Trinajstić information content (AvgIpc) is 3.03. The summed E-state index contributed by atoms with van der Waals surface area (Å²) in [6.45, 7) is 7.80. The molecule has 1 aliphatic carbocycles. The maximum atomic E-state index is 3.33. The van der Waals surface area contributed by atoms with Crippen molar-refractivity contribution in [1.82, 2.24) is 10.2 Å². The van der Waals surface area contributed by atoms with E-state index in [-0.39, 0.29) is 0 Å². The Labute approximate surface area is 111 Å². The zero-order chi connectivity index (χ0) is 13.2. The molecule has 0 spiro atoms. The van der Waals surface area contributed by atoms with E-state index < -0.39 is 0 Å². The Hall–Kier alpha value is -0.860. The van der Waals surface area contributed by atoms with Gasteiger partial charge in [-0.05, 0) is 62.9 Å². The van der Waals surface area contributed by atoms with Gasteiger partial charge in [0.1, 0.15) is 0 Å². The first kappa shape index (κ1) is 13.6. The maximum Gasteiger partial charge on any atom is 0.0231 e. The molecular weight excluding hydrogens is 220 g/mol. The van der Waals surface area contributed by atoms with E-state index in [0.717, 1.165) is 13.1 Å². The Bertz CT molecular complexity index is 408. The van der Waals surface area contributed by atoms with E-state index in [1.165, 1.54) is 36.1 Å². The molecule has 1 aromatic rings. The van der Waals surface area contributed by atoms with Gasteiger partial charge in [0.2, 0.25) is 0 Å². The minimum Gasteiger partial charge on any atom is -0.319 e. The summed E-state index contributed by atoms with van der Waals surface area (Å²) in [5.41, 5.74) is 4.77. The van der Waals surface area contributed by atoms with Crippen molar-refractivity contribution in [1.29, 1.82) is 0 Å². The molecule has 0 heterocycles. The number of nitrogens with zero attached hydrogens (tertiary/aromatic N) is 1. The van der Waals surface area contributed by atoms with Gasteiger partial charge in [-0.25, -0.2) is 0 Å². The Balaban J connectivity index is 1.91. The van der Waals surface area contributed by atoms with Crippen molar-refractivity contribution in [2.24, 2.45) is 5.41 Å². The third-order valence-corrected chi connectivity index (χ3v) is 4.14. The quantitative estimate of drug-likeness (QED) is 0.830. The van der Waals surface area contributed by atoms with E-state index in [0.29, 0.717) is 5.41 Å². The minimum atomic E-state index is 0.559. The van der Waals surface area contributed by atoms with Crippen molar-refractivity contribution in [2.75, 3.05) is 27.2 Å². The molecule has 18 heavy (non-hydrogen) atoms. The SMILES string of the molecule is CNCC1(CN(C)Cc2ccc(C)c(C)c2)CC1. The van der Waals surface area contributed by atoms with Crippen molar-refractivity contribution in [3.8, 4) is 0 Å². The normalized spacial score (nSPS) is 17.2. The van der Waals surface area contributed by atoms with Crippen LogP contribution in [0.5, 0.6) is 0 Å². The second-order valence-electron chi connectivity index (χ2n) is 6.12. The van der Waals surface area contributed by atoms with Crippen LogP contribution in [-0.2, 0) is 6.54 Å². The maximum absolute atomic E-state index is 3.33. The molecule has 1 saturated carbocycles. The predicted molar refractivity (Wildman–Crippen MR) is 77.8 cm³/mol. The fourth-order valence-electron chi connectivity index (χ4n) is 2.78. The number of aryl methyl sites for hydroxylation is 2. The number of nitrogens with one attached hydrogen (secondary N) is 1. The lowest BCUT2D eigenvalue weighted by atomic mass is 10.0. The molecule has 0 amide bonds. The third-order valence-electron chi connectivity index (χ3n) is 4.14. The average molecular weight is 246 g/mol. The van der Waals surface area contributed by atoms with Gasteiger partial charge in [0.15, 0.2) is 0 Å². The summed E-state index contributed by atoms with van der Waals surface area (Å²) < 4.78 is 0. The van der Waals surface area contributed by atoms with Crippen LogP contribution in [-0.4, -0.2) is 32.1 Å². The number of rotatable bonds is 6. The van der Waals surface area contributed by atoms with E-state index in [1.54, 1.807) is 0 Å². The fraction of sp³-hybridized carbons (Fsp3) is 0.625. The Kier molecular flexibility index (Phi) is 4.08. The molecule has 2 heteroatoms. The van der Waals surface area contributed by atoms with Gasteiger partial charge in [-0.2, -0.15) is 0 Å². The van der Waals surface area contributed by atoms with Gasteiger partial charge in [0.05, 0.1) is 0 Å². The van der Waals surface area contributed by atoms with Crippen LogP contribution in [0.25, 0.3) is 0 Å². The van der Waals surface area contributed by atoms with E-state index >= 15 is 0 Å². The van der Waals surface area contributed by atoms with Crippen molar-refractivity contribution in [2.45, 2.75) is 33.2 Å². The Morgan fingerprint density at radius 2 is 1.94 bits per heavy atom. The molecule has 100 valence electrons. The summed E-state index contributed by atoms with van der Waals surface area (Å²) in [5.74, 6) is 0. The zero-order valence-electron chi connectivity index (χ0n) is 12.2. The molecule has 1 N–H and O–H groups in total. The van der Waals surface area contributed by atoms with Crippen molar-refractivity contribution >= 4 is 0 Å². The first-order valence-corrected chi connectivity index (χ1v) is 6.94. The highest BCUT2D eigenvalue weighted by Gasteiger charge is 2.42. The van der Waals surface area contributed by atoms with E-state index in [9.17, 15) is 0 Å². The summed E-state index contributed by atoms with van der Waals surface area (Å²) in [5, 5.41) is 3.33. The van der Waals surface area contributed by atoms with Crippen molar-refractivity contribution in [3.05, 3.63) is 34.9 Å². The van der Waals surface area contributed by atoms with Gasteiger partial charge >= 0.3 is 0 Å². The van der Waals surface area contributed by atoms with Gasteiger partial charge in [0, 0.05) is 19.6 Å². The third kappa shape index (κ3) is 3.33. The van der Waals surface area contributed by atoms with Crippen LogP contribution in [0.15, 0.2) is 18.2 Å². The number of hydrogen-bond acceptors (Lipinski definition) is 2. The lowest BCUT2D eigenvalue weighted by molar-refractivity contribution is 0.252. The summed E-state index contributed by atoms with van der Waals surface area (Å²) in [4.78, 5) is 2.47. The summed E-state index contributed by atoms with van der Waals surface area (Å²) >= 11 is 0. The second-order valence-corrected chi connectivity index (χ2v) is 6.12. The first-order valence-electron chi connectivity index (χ1n) is 6.94. The van der Waals surface area contributed by atoms with Gasteiger partial charge in [-0.3, -0.25) is 0 Å². The molecule has 0 radical (unpaired) electrons. The fourth-order valence-corrected chi connectivity index (χ4v) is 2.78. The molecule has 1 aromatic carbocycles. The largest absolute Gasteiger partial charge is 0.319 e. The van der Waals surface area contributed by atoms with Crippen LogP contribution in [0, 0.1) is 19.3 Å². The molecule has 0 atom stereocenters. The lowest BCUT2D eigenvalue weighted by Crippen LogP contribution is -2.32. The van der Waals surface area contributed by atoms with Crippen LogP contribution >= 0.6 is 0 Å². The Morgan fingerprint density at radius 3 is 2.50 bits per heavy atom. The van der Waals surface area contributed by atoms with Crippen LogP contribution in [0.2, 0.25) is 0 Å². The topological polar surface area (TPSA) is 15.3 Å². The van der Waals surface area contributed by atoms with Gasteiger partial charge < -0.3 is 10.2 Å². The standard InChI is InChI=1S/C16H26N2/c1-13-5-6-15(9-14(13)2)10-18(4)12-16(7-8-16)11-17-3/h5-6,9,17H,7-8,10-12H2,1-4H3. The van der Waals surface area contributed by atoms with E-state index in [1.807, 2.05) is 0 Å². The smallest absolute Gasteiger partial charge is 0.0231 e. The minimum absolute atomic E-state index is 0.559. The van der Waals surface area contributed by atoms with Crippen LogP contribution < -0.4 is 5.32 Å². The van der Waals surface area contributed by atoms with Crippen LogP contribution in [0.3, 0.4) is 0 Å². The Morgan fingerprint density at radius 1 is 1.22 bits per heavy atom. The van der Waals surface area contributed by atoms with Crippen LogP contribution in [0.1, 0.15) is 29.5 Å². The highest BCUT2D eigenvalue weighted by Crippen LogP contribution is 2.45. The highest BCUT2D eigenvalue weighted by atomic mass is 15.1. The molecule has 0 unspecified atom stereocenters. The number of hydrogen-bond donors (Lipinski definition) is 1. The van der Waals surface area contributed by atoms with Crippen molar-refractivity contribution < 1.29 is 0 Å². The predicted octanol–water partition coefficient (Wildman–Crippen LogP) is 2.73. The monoisotopic (exact) mass is 246 g/mol. The van der Waals surface area contributed by atoms with Crippen LogP contribution in [0.4, 0.5) is 0 Å². The first-order chi connectivity index (χ1) is 8.54. The lowest BCUT2D eigenvalue weighted by Gasteiger charge is -2.23. The van der Waals surface area contributed by atoms with E-state index in [2.05, 4.69) is 56.4 Å². The number of benzene rings is 1. The molecule has 0 aliphatic heterocycles. The van der Waals surface area contributed by atoms with Gasteiger partial charge in [-0.15, -0.1) is 0 Å². The second kappa shape index (κ2) is 5.41. The molecule has 1 fully saturated rings. The molecule has 1 aliphatic rings. The summed E-state index contributed by atoms with van der Waals surface area (Å²) in [6.07, 6.45) is 2.76. The molecular formula is C16H26N2. The molecule has 0 aromatic heterocycles. The summed E-state index contributed by atoms with van der Waals surface area (Å²) in [6, 6.07) is 6.82. The molecule has 0 saturated heterocycles. The summed E-state index contributed by atoms with van der Waals surface area (Å²) in [7, 11) is 4.30. The van der Waals surface area contributed by atoms with Gasteiger partial charge in [-0.1, -0.05) is 18.2 Å². The molecule has 2 rings (SSSR count).